The van der Waals surface area contributed by atoms with E-state index in [1.165, 1.54) is 35.4 Å². The summed E-state index contributed by atoms with van der Waals surface area (Å²) in [5, 5.41) is 1.44. The molecule has 1 amide bonds. The van der Waals surface area contributed by atoms with Crippen molar-refractivity contribution < 1.29 is 4.79 Å². The van der Waals surface area contributed by atoms with Gasteiger partial charge in [0, 0.05) is 49.1 Å². The third-order valence-corrected chi connectivity index (χ3v) is 5.47. The van der Waals surface area contributed by atoms with Crippen LogP contribution in [0.15, 0.2) is 24.4 Å². The summed E-state index contributed by atoms with van der Waals surface area (Å²) in [7, 11) is 2.24. The fourth-order valence-corrected chi connectivity index (χ4v) is 4.52. The molecule has 0 unspecified atom stereocenters. The molecule has 5 heteroatoms. The molecule has 0 radical (unpaired) electrons. The van der Waals surface area contributed by atoms with Gasteiger partial charge < -0.3 is 9.88 Å². The molecule has 1 aromatic carbocycles. The van der Waals surface area contributed by atoms with E-state index >= 15 is 0 Å². The van der Waals surface area contributed by atoms with Crippen LogP contribution in [0, 0.1) is 5.92 Å². The lowest BCUT2D eigenvalue weighted by molar-refractivity contribution is -0.120. The summed E-state index contributed by atoms with van der Waals surface area (Å²) in [4.78, 5) is 17.0. The van der Waals surface area contributed by atoms with Gasteiger partial charge in [-0.3, -0.25) is 10.2 Å². The summed E-state index contributed by atoms with van der Waals surface area (Å²) in [6.45, 7) is 3.43. The van der Waals surface area contributed by atoms with Crippen LogP contribution in [0.1, 0.15) is 30.4 Å². The Hall–Kier alpha value is -1.85. The van der Waals surface area contributed by atoms with E-state index in [9.17, 15) is 4.79 Å². The van der Waals surface area contributed by atoms with Gasteiger partial charge in [0.1, 0.15) is 0 Å². The lowest BCUT2D eigenvalue weighted by atomic mass is 9.72. The van der Waals surface area contributed by atoms with Crippen LogP contribution < -0.4 is 10.9 Å². The number of carbonyl (C=O) groups is 1. The average Bonchev–Trinajstić information content (AvgIpc) is 2.93. The van der Waals surface area contributed by atoms with Crippen molar-refractivity contribution in [2.75, 3.05) is 20.1 Å². The smallest absolute Gasteiger partial charge is 0.230 e. The van der Waals surface area contributed by atoms with Crippen LogP contribution in [0.5, 0.6) is 0 Å². The van der Waals surface area contributed by atoms with Gasteiger partial charge >= 0.3 is 0 Å². The van der Waals surface area contributed by atoms with E-state index in [0.717, 1.165) is 19.5 Å². The van der Waals surface area contributed by atoms with E-state index < -0.39 is 0 Å². The highest BCUT2D eigenvalue weighted by molar-refractivity contribution is 5.88. The SMILES string of the molecule is CC(=O)NNC[C@@H]1C[C@@H]2c3cccc4[nH]cc(c34)C[C@H]2N(C)C1. The van der Waals surface area contributed by atoms with Crippen LogP contribution in [-0.2, 0) is 11.2 Å². The summed E-state index contributed by atoms with van der Waals surface area (Å²) in [6, 6.07) is 7.22. The van der Waals surface area contributed by atoms with Gasteiger partial charge in [-0.1, -0.05) is 12.1 Å². The standard InChI is InChI=1S/C18H24N4O/c1-11(23)21-20-8-12-6-15-14-4-3-5-16-18(14)13(9-19-16)7-17(15)22(2)10-12/h3-5,9,12,15,17,19-20H,6-8,10H2,1-2H3,(H,21,23)/t12-,15+,17+/m0/s1. The van der Waals surface area contributed by atoms with E-state index in [-0.39, 0.29) is 5.91 Å². The van der Waals surface area contributed by atoms with Crippen molar-refractivity contribution in [2.24, 2.45) is 5.92 Å². The maximum absolute atomic E-state index is 11.0. The number of rotatable bonds is 3. The Morgan fingerprint density at radius 1 is 1.43 bits per heavy atom. The molecule has 3 N–H and O–H groups in total. The van der Waals surface area contributed by atoms with Gasteiger partial charge in [-0.2, -0.15) is 0 Å². The number of fused-ring (bicyclic) bond motifs is 2. The van der Waals surface area contributed by atoms with Crippen molar-refractivity contribution in [1.82, 2.24) is 20.7 Å². The molecular weight excluding hydrogens is 288 g/mol. The Kier molecular flexibility index (Phi) is 3.62. The molecule has 1 aliphatic heterocycles. The molecule has 0 spiro atoms. The summed E-state index contributed by atoms with van der Waals surface area (Å²) in [6.07, 6.45) is 4.48. The molecule has 0 saturated carbocycles. The number of likely N-dealkylation sites (N-methyl/N-ethyl adjacent to an activating group) is 1. The van der Waals surface area contributed by atoms with Crippen molar-refractivity contribution in [3.63, 3.8) is 0 Å². The van der Waals surface area contributed by atoms with Crippen molar-refractivity contribution in [3.05, 3.63) is 35.5 Å². The number of aromatic nitrogens is 1. The van der Waals surface area contributed by atoms with Crippen LogP contribution in [0.2, 0.25) is 0 Å². The molecule has 1 fully saturated rings. The van der Waals surface area contributed by atoms with E-state index in [0.29, 0.717) is 17.9 Å². The van der Waals surface area contributed by atoms with Gasteiger partial charge in [0.25, 0.3) is 0 Å². The first-order valence-corrected chi connectivity index (χ1v) is 8.42. The van der Waals surface area contributed by atoms with Gasteiger partial charge in [0.05, 0.1) is 0 Å². The van der Waals surface area contributed by atoms with Crippen molar-refractivity contribution in [2.45, 2.75) is 31.7 Å². The second-order valence-corrected chi connectivity index (χ2v) is 7.07. The number of nitrogens with one attached hydrogen (secondary N) is 3. The topological polar surface area (TPSA) is 60.2 Å². The second kappa shape index (κ2) is 5.65. The lowest BCUT2D eigenvalue weighted by Gasteiger charge is -2.45. The predicted molar refractivity (Wildman–Crippen MR) is 91.1 cm³/mol. The number of amides is 1. The zero-order valence-corrected chi connectivity index (χ0v) is 13.7. The Morgan fingerprint density at radius 2 is 2.30 bits per heavy atom. The minimum absolute atomic E-state index is 0.0357. The van der Waals surface area contributed by atoms with Crippen LogP contribution >= 0.6 is 0 Å². The van der Waals surface area contributed by atoms with Crippen LogP contribution in [0.4, 0.5) is 0 Å². The van der Waals surface area contributed by atoms with E-state index in [1.807, 2.05) is 0 Å². The highest BCUT2D eigenvalue weighted by atomic mass is 16.2. The van der Waals surface area contributed by atoms with Crippen molar-refractivity contribution >= 4 is 16.8 Å². The monoisotopic (exact) mass is 312 g/mol. The molecule has 2 heterocycles. The maximum atomic E-state index is 11.0. The number of benzene rings is 1. The van der Waals surface area contributed by atoms with Crippen molar-refractivity contribution in [3.8, 4) is 0 Å². The number of likely N-dealkylation sites (tertiary alicyclic amines) is 1. The molecule has 3 atom stereocenters. The van der Waals surface area contributed by atoms with Crippen LogP contribution in [-0.4, -0.2) is 42.0 Å². The third kappa shape index (κ3) is 2.54. The van der Waals surface area contributed by atoms with Crippen molar-refractivity contribution in [1.29, 1.82) is 0 Å². The average molecular weight is 312 g/mol. The number of hydrazine groups is 1. The molecule has 1 aliphatic carbocycles. The third-order valence-electron chi connectivity index (χ3n) is 5.47. The minimum atomic E-state index is -0.0357. The quantitative estimate of drug-likeness (QED) is 0.757. The molecule has 0 bridgehead atoms. The van der Waals surface area contributed by atoms with Gasteiger partial charge in [-0.25, -0.2) is 5.43 Å². The first-order chi connectivity index (χ1) is 11.1. The van der Waals surface area contributed by atoms with Gasteiger partial charge in [0.15, 0.2) is 0 Å². The summed E-state index contributed by atoms with van der Waals surface area (Å²) < 4.78 is 0. The Morgan fingerprint density at radius 3 is 3.13 bits per heavy atom. The van der Waals surface area contributed by atoms with E-state index in [2.05, 4.69) is 52.2 Å². The molecular formula is C18H24N4O. The van der Waals surface area contributed by atoms with Crippen LogP contribution in [0.3, 0.4) is 0 Å². The first kappa shape index (κ1) is 14.7. The number of hydrogen-bond donors (Lipinski definition) is 3. The number of nitrogens with zero attached hydrogens (tertiary/aromatic N) is 1. The van der Waals surface area contributed by atoms with Gasteiger partial charge in [-0.15, -0.1) is 0 Å². The Labute approximate surface area is 136 Å². The van der Waals surface area contributed by atoms with E-state index in [1.54, 1.807) is 0 Å². The van der Waals surface area contributed by atoms with Gasteiger partial charge in [-0.05, 0) is 43.0 Å². The molecule has 122 valence electrons. The largest absolute Gasteiger partial charge is 0.361 e. The summed E-state index contributed by atoms with van der Waals surface area (Å²) in [5.41, 5.74) is 9.99. The van der Waals surface area contributed by atoms with Crippen LogP contribution in [0.25, 0.3) is 10.9 Å². The van der Waals surface area contributed by atoms with Gasteiger partial charge in [0.2, 0.25) is 5.91 Å². The highest BCUT2D eigenvalue weighted by Gasteiger charge is 2.39. The first-order valence-electron chi connectivity index (χ1n) is 8.42. The van der Waals surface area contributed by atoms with E-state index in [4.69, 9.17) is 0 Å². The number of carbonyl (C=O) groups excluding carboxylic acids is 1. The lowest BCUT2D eigenvalue weighted by Crippen LogP contribution is -2.51. The molecule has 2 aliphatic rings. The Bertz CT molecular complexity index is 738. The fraction of sp³-hybridized carbons (Fsp3) is 0.500. The number of aromatic amines is 1. The predicted octanol–water partition coefficient (Wildman–Crippen LogP) is 1.77. The molecule has 1 aromatic heterocycles. The zero-order chi connectivity index (χ0) is 16.0. The molecule has 5 nitrogen and oxygen atoms in total. The normalized spacial score (nSPS) is 27.0. The highest BCUT2D eigenvalue weighted by Crippen LogP contribution is 2.44. The maximum Gasteiger partial charge on any atom is 0.230 e. The number of piperidine rings is 1. The summed E-state index contributed by atoms with van der Waals surface area (Å²) >= 11 is 0. The Balaban J connectivity index is 1.59. The second-order valence-electron chi connectivity index (χ2n) is 7.07. The summed E-state index contributed by atoms with van der Waals surface area (Å²) in [5.74, 6) is 1.08. The number of H-pyrrole nitrogens is 1. The molecule has 4 rings (SSSR count). The minimum Gasteiger partial charge on any atom is -0.361 e. The molecule has 23 heavy (non-hydrogen) atoms. The number of hydrogen-bond acceptors (Lipinski definition) is 3. The molecule has 1 saturated heterocycles. The zero-order valence-electron chi connectivity index (χ0n) is 13.7. The fourth-order valence-electron chi connectivity index (χ4n) is 4.52. The molecule has 2 aromatic rings.